The summed E-state index contributed by atoms with van der Waals surface area (Å²) in [6.07, 6.45) is 4.41. The summed E-state index contributed by atoms with van der Waals surface area (Å²) in [5, 5.41) is 2.72. The van der Waals surface area contributed by atoms with Crippen LogP contribution < -0.4 is 14.8 Å². The predicted octanol–water partition coefficient (Wildman–Crippen LogP) is 3.71. The van der Waals surface area contributed by atoms with Crippen LogP contribution in [0.1, 0.15) is 5.56 Å². The van der Waals surface area contributed by atoms with Gasteiger partial charge in [0.2, 0.25) is 0 Å². The molecule has 0 heterocycles. The van der Waals surface area contributed by atoms with Crippen LogP contribution in [0.2, 0.25) is 0 Å². The number of hydrogen-bond donors (Lipinski definition) is 1. The van der Waals surface area contributed by atoms with E-state index in [0.29, 0.717) is 23.6 Å². The highest BCUT2D eigenvalue weighted by Crippen LogP contribution is 2.28. The number of nitrogens with one attached hydrogen (secondary N) is 1. The van der Waals surface area contributed by atoms with Crippen LogP contribution in [0, 0.1) is 0 Å². The Bertz CT molecular complexity index is 837. The number of carbonyl (C=O) groups excluding carboxylic acids is 2. The Kier molecular flexibility index (Phi) is 8.42. The Morgan fingerprint density at radius 3 is 2.64 bits per heavy atom. The minimum Gasteiger partial charge on any atom is -0.493 e. The van der Waals surface area contributed by atoms with Crippen LogP contribution >= 0.6 is 11.8 Å². The van der Waals surface area contributed by atoms with Gasteiger partial charge in [-0.05, 0) is 42.5 Å². The highest BCUT2D eigenvalue weighted by Gasteiger charge is 2.12. The van der Waals surface area contributed by atoms with Crippen molar-refractivity contribution in [2.24, 2.45) is 0 Å². The number of ether oxygens (including phenoxy) is 3. The van der Waals surface area contributed by atoms with Gasteiger partial charge in [0.1, 0.15) is 0 Å². The van der Waals surface area contributed by atoms with E-state index in [4.69, 9.17) is 14.2 Å². The SMILES string of the molecule is C=CCc1ccc(OCC(=O)OCC(=O)Nc2ccccc2SC)c(OC)c1. The normalized spacial score (nSPS) is 10.1. The van der Waals surface area contributed by atoms with Crippen molar-refractivity contribution in [3.63, 3.8) is 0 Å². The average molecular weight is 401 g/mol. The number of amides is 1. The second-order valence-electron chi connectivity index (χ2n) is 5.68. The Labute approximate surface area is 168 Å². The van der Waals surface area contributed by atoms with Crippen LogP contribution in [0.3, 0.4) is 0 Å². The first-order valence-corrected chi connectivity index (χ1v) is 9.79. The van der Waals surface area contributed by atoms with Gasteiger partial charge in [-0.15, -0.1) is 18.3 Å². The van der Waals surface area contributed by atoms with Crippen molar-refractivity contribution in [2.75, 3.05) is 31.9 Å². The average Bonchev–Trinajstić information content (AvgIpc) is 2.71. The number of allylic oxidation sites excluding steroid dienone is 1. The molecule has 0 fully saturated rings. The third-order valence-corrected chi connectivity index (χ3v) is 4.49. The molecular formula is C21H23NO5S. The fourth-order valence-corrected chi connectivity index (χ4v) is 2.94. The monoisotopic (exact) mass is 401 g/mol. The van der Waals surface area contributed by atoms with Crippen LogP contribution in [0.4, 0.5) is 5.69 Å². The third-order valence-electron chi connectivity index (χ3n) is 3.70. The van der Waals surface area contributed by atoms with Gasteiger partial charge in [-0.1, -0.05) is 24.3 Å². The number of methoxy groups -OCH3 is 1. The van der Waals surface area contributed by atoms with Crippen LogP contribution in [0.15, 0.2) is 60.0 Å². The van der Waals surface area contributed by atoms with E-state index < -0.39 is 11.9 Å². The number of hydrogen-bond acceptors (Lipinski definition) is 6. The van der Waals surface area contributed by atoms with E-state index >= 15 is 0 Å². The molecule has 0 bridgehead atoms. The summed E-state index contributed by atoms with van der Waals surface area (Å²) in [5.41, 5.74) is 1.70. The minimum atomic E-state index is -0.648. The van der Waals surface area contributed by atoms with E-state index in [1.807, 2.05) is 36.6 Å². The van der Waals surface area contributed by atoms with Crippen molar-refractivity contribution >= 4 is 29.3 Å². The van der Waals surface area contributed by atoms with Gasteiger partial charge < -0.3 is 19.5 Å². The molecule has 7 heteroatoms. The molecule has 1 amide bonds. The van der Waals surface area contributed by atoms with Gasteiger partial charge in [0.05, 0.1) is 12.8 Å². The summed E-state index contributed by atoms with van der Waals surface area (Å²) in [7, 11) is 1.52. The Hall–Kier alpha value is -2.93. The van der Waals surface area contributed by atoms with Crippen LogP contribution in [0.25, 0.3) is 0 Å². The van der Waals surface area contributed by atoms with Crippen LogP contribution in [-0.4, -0.2) is 38.5 Å². The number of esters is 1. The molecule has 2 aromatic rings. The van der Waals surface area contributed by atoms with Crippen molar-refractivity contribution in [1.29, 1.82) is 0 Å². The molecule has 0 saturated carbocycles. The lowest BCUT2D eigenvalue weighted by Crippen LogP contribution is -2.24. The van der Waals surface area contributed by atoms with Gasteiger partial charge in [0.15, 0.2) is 24.7 Å². The van der Waals surface area contributed by atoms with Gasteiger partial charge >= 0.3 is 5.97 Å². The molecule has 2 rings (SSSR count). The highest BCUT2D eigenvalue weighted by atomic mass is 32.2. The summed E-state index contributed by atoms with van der Waals surface area (Å²) in [5.74, 6) is -0.129. The largest absolute Gasteiger partial charge is 0.493 e. The first-order chi connectivity index (χ1) is 13.6. The zero-order valence-electron chi connectivity index (χ0n) is 15.9. The number of benzene rings is 2. The molecule has 0 spiro atoms. The fourth-order valence-electron chi connectivity index (χ4n) is 2.38. The van der Waals surface area contributed by atoms with Crippen LogP contribution in [-0.2, 0) is 20.7 Å². The number of carbonyl (C=O) groups is 2. The van der Waals surface area contributed by atoms with E-state index in [1.165, 1.54) is 18.9 Å². The van der Waals surface area contributed by atoms with E-state index in [0.717, 1.165) is 10.5 Å². The van der Waals surface area contributed by atoms with Crippen molar-refractivity contribution in [3.8, 4) is 11.5 Å². The predicted molar refractivity (Wildman–Crippen MR) is 110 cm³/mol. The minimum absolute atomic E-state index is 0.328. The highest BCUT2D eigenvalue weighted by molar-refractivity contribution is 7.98. The fraction of sp³-hybridized carbons (Fsp3) is 0.238. The summed E-state index contributed by atoms with van der Waals surface area (Å²) < 4.78 is 15.7. The molecule has 0 aliphatic heterocycles. The second kappa shape index (κ2) is 11.0. The van der Waals surface area contributed by atoms with Crippen molar-refractivity contribution < 1.29 is 23.8 Å². The molecule has 6 nitrogen and oxygen atoms in total. The molecule has 28 heavy (non-hydrogen) atoms. The Morgan fingerprint density at radius 2 is 1.93 bits per heavy atom. The molecule has 0 aliphatic carbocycles. The topological polar surface area (TPSA) is 73.9 Å². The lowest BCUT2D eigenvalue weighted by atomic mass is 10.1. The second-order valence-corrected chi connectivity index (χ2v) is 6.52. The van der Waals surface area contributed by atoms with Crippen LogP contribution in [0.5, 0.6) is 11.5 Å². The number of anilines is 1. The number of rotatable bonds is 10. The molecule has 0 radical (unpaired) electrons. The quantitative estimate of drug-likeness (QED) is 0.372. The Balaban J connectivity index is 1.82. The van der Waals surface area contributed by atoms with Gasteiger partial charge in [-0.25, -0.2) is 4.79 Å². The van der Waals surface area contributed by atoms with Crippen molar-refractivity contribution in [1.82, 2.24) is 0 Å². The molecule has 2 aromatic carbocycles. The molecule has 0 aliphatic rings. The molecule has 0 saturated heterocycles. The molecule has 148 valence electrons. The van der Waals surface area contributed by atoms with E-state index in [2.05, 4.69) is 11.9 Å². The lowest BCUT2D eigenvalue weighted by molar-refractivity contribution is -0.149. The first kappa shape index (κ1) is 21.4. The first-order valence-electron chi connectivity index (χ1n) is 8.56. The van der Waals surface area contributed by atoms with E-state index in [-0.39, 0.29) is 13.2 Å². The summed E-state index contributed by atoms with van der Waals surface area (Å²) in [6.45, 7) is 2.98. The van der Waals surface area contributed by atoms with Crippen molar-refractivity contribution in [2.45, 2.75) is 11.3 Å². The maximum absolute atomic E-state index is 12.0. The summed E-state index contributed by atoms with van der Waals surface area (Å²) in [6, 6.07) is 12.8. The standard InChI is InChI=1S/C21H23NO5S/c1-4-7-15-10-11-17(18(12-15)25-2)26-14-21(24)27-13-20(23)22-16-8-5-6-9-19(16)28-3/h4-6,8-12H,1,7,13-14H2,2-3H3,(H,22,23). The number of para-hydroxylation sites is 1. The van der Waals surface area contributed by atoms with E-state index in [1.54, 1.807) is 18.2 Å². The van der Waals surface area contributed by atoms with Gasteiger partial charge in [0.25, 0.3) is 5.91 Å². The van der Waals surface area contributed by atoms with Gasteiger partial charge in [0, 0.05) is 4.90 Å². The summed E-state index contributed by atoms with van der Waals surface area (Å²) in [4.78, 5) is 24.8. The third kappa shape index (κ3) is 6.35. The molecule has 0 aromatic heterocycles. The zero-order valence-corrected chi connectivity index (χ0v) is 16.7. The molecule has 0 unspecified atom stereocenters. The lowest BCUT2D eigenvalue weighted by Gasteiger charge is -2.12. The van der Waals surface area contributed by atoms with Gasteiger partial charge in [-0.3, -0.25) is 4.79 Å². The summed E-state index contributed by atoms with van der Waals surface area (Å²) >= 11 is 1.52. The smallest absolute Gasteiger partial charge is 0.344 e. The Morgan fingerprint density at radius 1 is 1.14 bits per heavy atom. The molecule has 1 N–H and O–H groups in total. The molecule has 0 atom stereocenters. The zero-order chi connectivity index (χ0) is 20.4. The maximum atomic E-state index is 12.0. The van der Waals surface area contributed by atoms with E-state index in [9.17, 15) is 9.59 Å². The van der Waals surface area contributed by atoms with Crippen molar-refractivity contribution in [3.05, 3.63) is 60.7 Å². The van der Waals surface area contributed by atoms with Gasteiger partial charge in [-0.2, -0.15) is 0 Å². The molecular weight excluding hydrogens is 378 g/mol. The number of thioether (sulfide) groups is 1. The maximum Gasteiger partial charge on any atom is 0.344 e.